The third-order valence-corrected chi connectivity index (χ3v) is 3.91. The molecule has 0 aliphatic heterocycles. The average molecular weight is 377 g/mol. The van der Waals surface area contributed by atoms with E-state index in [9.17, 15) is 14.4 Å². The van der Waals surface area contributed by atoms with E-state index in [4.69, 9.17) is 9.47 Å². The average Bonchev–Trinajstić information content (AvgIpc) is 2.55. The number of carbonyl (C=O) groups is 3. The number of hydrogen-bond donors (Lipinski definition) is 0. The van der Waals surface area contributed by atoms with E-state index in [-0.39, 0.29) is 5.92 Å². The van der Waals surface area contributed by atoms with E-state index < -0.39 is 35.6 Å². The Balaban J connectivity index is 3.13. The molecule has 0 aliphatic rings. The summed E-state index contributed by atoms with van der Waals surface area (Å²) >= 11 is 0. The molecule has 0 aliphatic carbocycles. The zero-order valence-electron chi connectivity index (χ0n) is 17.3. The Labute approximate surface area is 161 Å². The van der Waals surface area contributed by atoms with Crippen molar-refractivity contribution in [2.24, 2.45) is 5.92 Å². The fourth-order valence-corrected chi connectivity index (χ4v) is 2.59. The molecule has 0 unspecified atom stereocenters. The molecule has 0 heterocycles. The van der Waals surface area contributed by atoms with Gasteiger partial charge in [-0.2, -0.15) is 0 Å². The van der Waals surface area contributed by atoms with Gasteiger partial charge in [-0.3, -0.25) is 9.59 Å². The number of hydrogen-bond acceptors (Lipinski definition) is 5. The maximum atomic E-state index is 13.0. The van der Waals surface area contributed by atoms with Crippen LogP contribution in [0.15, 0.2) is 30.3 Å². The van der Waals surface area contributed by atoms with Crippen molar-refractivity contribution in [1.29, 1.82) is 0 Å². The monoisotopic (exact) mass is 377 g/mol. The van der Waals surface area contributed by atoms with Crippen molar-refractivity contribution in [2.75, 3.05) is 7.05 Å². The van der Waals surface area contributed by atoms with Crippen molar-refractivity contribution < 1.29 is 23.9 Å². The molecule has 2 atom stereocenters. The Morgan fingerprint density at radius 1 is 1.07 bits per heavy atom. The first-order valence-corrected chi connectivity index (χ1v) is 9.13. The predicted molar refractivity (Wildman–Crippen MR) is 103 cm³/mol. The zero-order valence-corrected chi connectivity index (χ0v) is 17.3. The van der Waals surface area contributed by atoms with Gasteiger partial charge in [0.15, 0.2) is 6.10 Å². The number of esters is 2. The van der Waals surface area contributed by atoms with Crippen LogP contribution in [0.25, 0.3) is 0 Å². The molecule has 0 saturated carbocycles. The summed E-state index contributed by atoms with van der Waals surface area (Å²) in [6.07, 6.45) is -0.642. The summed E-state index contributed by atoms with van der Waals surface area (Å²) < 4.78 is 10.7. The van der Waals surface area contributed by atoms with Gasteiger partial charge in [-0.1, -0.05) is 44.2 Å². The van der Waals surface area contributed by atoms with E-state index in [2.05, 4.69) is 0 Å². The zero-order chi connectivity index (χ0) is 20.8. The quantitative estimate of drug-likeness (QED) is 0.683. The summed E-state index contributed by atoms with van der Waals surface area (Å²) in [6.45, 7) is 10.2. The van der Waals surface area contributed by atoms with Gasteiger partial charge in [-0.05, 0) is 32.3 Å². The van der Waals surface area contributed by atoms with Crippen LogP contribution in [0.1, 0.15) is 47.1 Å². The van der Waals surface area contributed by atoms with Gasteiger partial charge < -0.3 is 14.4 Å². The van der Waals surface area contributed by atoms with Crippen LogP contribution >= 0.6 is 0 Å². The molecule has 0 bridgehead atoms. The minimum atomic E-state index is -0.951. The third kappa shape index (κ3) is 7.41. The normalized spacial score (nSPS) is 13.6. The van der Waals surface area contributed by atoms with Gasteiger partial charge in [0, 0.05) is 20.4 Å². The lowest BCUT2D eigenvalue weighted by Gasteiger charge is -2.33. The summed E-state index contributed by atoms with van der Waals surface area (Å²) in [5, 5.41) is 0. The molecule has 0 aromatic heterocycles. The van der Waals surface area contributed by atoms with Crippen molar-refractivity contribution in [3.05, 3.63) is 35.9 Å². The number of nitrogens with zero attached hydrogens (tertiary/aromatic N) is 1. The molecule has 0 spiro atoms. The topological polar surface area (TPSA) is 72.9 Å². The first-order valence-electron chi connectivity index (χ1n) is 9.13. The van der Waals surface area contributed by atoms with Crippen molar-refractivity contribution >= 4 is 17.8 Å². The van der Waals surface area contributed by atoms with Gasteiger partial charge in [0.25, 0.3) is 5.91 Å². The van der Waals surface area contributed by atoms with Gasteiger partial charge in [0.05, 0.1) is 0 Å². The van der Waals surface area contributed by atoms with Crippen molar-refractivity contribution in [2.45, 2.75) is 65.7 Å². The molecule has 6 heteroatoms. The molecule has 0 saturated heterocycles. The smallest absolute Gasteiger partial charge is 0.329 e. The summed E-state index contributed by atoms with van der Waals surface area (Å²) in [7, 11) is 1.54. The van der Waals surface area contributed by atoms with Crippen LogP contribution in [-0.4, -0.2) is 47.5 Å². The third-order valence-electron chi connectivity index (χ3n) is 3.91. The van der Waals surface area contributed by atoms with Gasteiger partial charge in [-0.25, -0.2) is 4.79 Å². The lowest BCUT2D eigenvalue weighted by atomic mass is 10.0. The fourth-order valence-electron chi connectivity index (χ4n) is 2.59. The van der Waals surface area contributed by atoms with E-state index >= 15 is 0 Å². The number of amides is 1. The molecule has 1 amide bonds. The lowest BCUT2D eigenvalue weighted by Crippen LogP contribution is -2.51. The number of benzene rings is 1. The molecule has 0 N–H and O–H groups in total. The summed E-state index contributed by atoms with van der Waals surface area (Å²) in [6, 6.07) is 8.59. The van der Waals surface area contributed by atoms with Crippen LogP contribution in [0.2, 0.25) is 0 Å². The second kappa shape index (κ2) is 9.53. The van der Waals surface area contributed by atoms with Crippen LogP contribution < -0.4 is 0 Å². The molecule has 1 aromatic rings. The molecular weight excluding hydrogens is 346 g/mol. The Kier molecular flexibility index (Phi) is 8.00. The second-order valence-electron chi connectivity index (χ2n) is 7.96. The molecule has 0 fully saturated rings. The maximum Gasteiger partial charge on any atom is 0.329 e. The van der Waals surface area contributed by atoms with Gasteiger partial charge in [0.2, 0.25) is 0 Å². The van der Waals surface area contributed by atoms with E-state index in [1.807, 2.05) is 30.3 Å². The van der Waals surface area contributed by atoms with Crippen molar-refractivity contribution in [3.63, 3.8) is 0 Å². The first-order chi connectivity index (χ1) is 12.4. The van der Waals surface area contributed by atoms with Gasteiger partial charge in [-0.15, -0.1) is 0 Å². The highest BCUT2D eigenvalue weighted by molar-refractivity contribution is 5.88. The number of likely N-dealkylation sites (N-methyl/N-ethyl adjacent to an activating group) is 1. The Morgan fingerprint density at radius 2 is 1.63 bits per heavy atom. The fraction of sp³-hybridized carbons (Fsp3) is 0.571. The molecule has 1 rings (SSSR count). The molecular formula is C21H31NO5. The number of rotatable bonds is 7. The highest BCUT2D eigenvalue weighted by Gasteiger charge is 2.36. The lowest BCUT2D eigenvalue weighted by molar-refractivity contribution is -0.169. The Bertz CT molecular complexity index is 648. The first kappa shape index (κ1) is 22.7. The summed E-state index contributed by atoms with van der Waals surface area (Å²) in [5.41, 5.74) is 0.227. The Morgan fingerprint density at radius 3 is 2.07 bits per heavy atom. The predicted octanol–water partition coefficient (Wildman–Crippen LogP) is 2.99. The molecule has 0 radical (unpaired) electrons. The van der Waals surface area contributed by atoms with Crippen LogP contribution in [-0.2, 0) is 30.3 Å². The second-order valence-corrected chi connectivity index (χ2v) is 7.96. The van der Waals surface area contributed by atoms with E-state index in [0.29, 0.717) is 6.42 Å². The van der Waals surface area contributed by atoms with Crippen LogP contribution in [0, 0.1) is 5.92 Å². The SMILES string of the molecule is CC(=O)O[C@H](C(=O)N(C)[C@@H](Cc1ccccc1)C(=O)OC(C)(C)C)C(C)C. The minimum Gasteiger partial charge on any atom is -0.458 e. The van der Waals surface area contributed by atoms with Crippen LogP contribution in [0.3, 0.4) is 0 Å². The standard InChI is InChI=1S/C21H31NO5/c1-14(2)18(26-15(3)23)19(24)22(7)17(20(25)27-21(4,5)6)13-16-11-9-8-10-12-16/h8-12,14,17-18H,13H2,1-7H3/t17-,18-/m0/s1. The highest BCUT2D eigenvalue weighted by atomic mass is 16.6. The maximum absolute atomic E-state index is 13.0. The van der Waals surface area contributed by atoms with Gasteiger partial charge >= 0.3 is 11.9 Å². The minimum absolute atomic E-state index is 0.222. The number of ether oxygens (including phenoxy) is 2. The van der Waals surface area contributed by atoms with Crippen molar-refractivity contribution in [1.82, 2.24) is 4.90 Å². The highest BCUT2D eigenvalue weighted by Crippen LogP contribution is 2.18. The molecule has 1 aromatic carbocycles. The van der Waals surface area contributed by atoms with Crippen molar-refractivity contribution in [3.8, 4) is 0 Å². The largest absolute Gasteiger partial charge is 0.458 e. The Hall–Kier alpha value is -2.37. The van der Waals surface area contributed by atoms with E-state index in [0.717, 1.165) is 5.56 Å². The summed E-state index contributed by atoms with van der Waals surface area (Å²) in [5.74, 6) is -1.67. The molecule has 150 valence electrons. The number of carbonyl (C=O) groups excluding carboxylic acids is 3. The molecule has 6 nitrogen and oxygen atoms in total. The van der Waals surface area contributed by atoms with E-state index in [1.165, 1.54) is 11.8 Å². The molecule has 27 heavy (non-hydrogen) atoms. The van der Waals surface area contributed by atoms with Crippen LogP contribution in [0.5, 0.6) is 0 Å². The van der Waals surface area contributed by atoms with Gasteiger partial charge in [0.1, 0.15) is 11.6 Å². The summed E-state index contributed by atoms with van der Waals surface area (Å²) in [4.78, 5) is 38.5. The van der Waals surface area contributed by atoms with Crippen LogP contribution in [0.4, 0.5) is 0 Å². The van der Waals surface area contributed by atoms with E-state index in [1.54, 1.807) is 41.7 Å².